The van der Waals surface area contributed by atoms with Crippen molar-refractivity contribution in [2.75, 3.05) is 7.11 Å². The fourth-order valence-electron chi connectivity index (χ4n) is 3.23. The molecular weight excluding hydrogens is 326 g/mol. The van der Waals surface area contributed by atoms with E-state index >= 15 is 0 Å². The summed E-state index contributed by atoms with van der Waals surface area (Å²) in [7, 11) is 3.29. The zero-order valence-electron chi connectivity index (χ0n) is 13.2. The Balaban J connectivity index is 1.83. The van der Waals surface area contributed by atoms with Crippen LogP contribution in [0.3, 0.4) is 0 Å². The van der Waals surface area contributed by atoms with E-state index in [4.69, 9.17) is 16.3 Å². The van der Waals surface area contributed by atoms with Crippen LogP contribution in [-0.4, -0.2) is 27.8 Å². The zero-order valence-corrected chi connectivity index (χ0v) is 14.0. The fraction of sp³-hybridized carbons (Fsp3) is 0.167. The van der Waals surface area contributed by atoms with Crippen LogP contribution in [0.15, 0.2) is 30.5 Å². The van der Waals surface area contributed by atoms with Gasteiger partial charge in [0.2, 0.25) is 0 Å². The summed E-state index contributed by atoms with van der Waals surface area (Å²) >= 11 is 6.06. The maximum Gasteiger partial charge on any atom is 0.338 e. The standard InChI is InChI=1S/C18H14ClN3O2/c1-22-17(13-4-3-11(19)9-16(13)21-22)10-7-14-12(18(23)24-2)5-6-20-15(14)8-10/h3-6,8-9H,7H2,1-2H3. The van der Waals surface area contributed by atoms with Gasteiger partial charge in [0, 0.05) is 30.1 Å². The van der Waals surface area contributed by atoms with Gasteiger partial charge in [-0.3, -0.25) is 9.67 Å². The predicted octanol–water partition coefficient (Wildman–Crippen LogP) is 3.51. The minimum absolute atomic E-state index is 0.343. The predicted molar refractivity (Wildman–Crippen MR) is 92.9 cm³/mol. The molecule has 2 heterocycles. The van der Waals surface area contributed by atoms with E-state index in [0.29, 0.717) is 17.0 Å². The van der Waals surface area contributed by atoms with Crippen molar-refractivity contribution < 1.29 is 9.53 Å². The van der Waals surface area contributed by atoms with Gasteiger partial charge in [-0.15, -0.1) is 0 Å². The first-order chi connectivity index (χ1) is 11.6. The Morgan fingerprint density at radius 2 is 2.17 bits per heavy atom. The molecule has 1 aromatic carbocycles. The number of esters is 1. The fourth-order valence-corrected chi connectivity index (χ4v) is 3.40. The summed E-state index contributed by atoms with van der Waals surface area (Å²) in [5.41, 5.74) is 5.18. The van der Waals surface area contributed by atoms with E-state index in [2.05, 4.69) is 10.1 Å². The Morgan fingerprint density at radius 3 is 2.96 bits per heavy atom. The second-order valence-electron chi connectivity index (χ2n) is 5.69. The molecule has 0 amide bonds. The van der Waals surface area contributed by atoms with E-state index in [-0.39, 0.29) is 5.97 Å². The van der Waals surface area contributed by atoms with Crippen LogP contribution in [0.1, 0.15) is 27.3 Å². The summed E-state index contributed by atoms with van der Waals surface area (Å²) in [5.74, 6) is -0.343. The quantitative estimate of drug-likeness (QED) is 0.670. The van der Waals surface area contributed by atoms with Crippen molar-refractivity contribution in [1.82, 2.24) is 14.8 Å². The average molecular weight is 340 g/mol. The Bertz CT molecular complexity index is 1020. The number of hydrogen-bond donors (Lipinski definition) is 0. The topological polar surface area (TPSA) is 57.0 Å². The number of rotatable bonds is 2. The molecule has 0 saturated heterocycles. The molecule has 0 unspecified atom stereocenters. The highest BCUT2D eigenvalue weighted by Gasteiger charge is 2.25. The Hall–Kier alpha value is -2.66. The van der Waals surface area contributed by atoms with Crippen LogP contribution in [0.5, 0.6) is 0 Å². The monoisotopic (exact) mass is 339 g/mol. The smallest absolute Gasteiger partial charge is 0.338 e. The lowest BCUT2D eigenvalue weighted by atomic mass is 10.0. The normalized spacial score (nSPS) is 13.0. The van der Waals surface area contributed by atoms with Crippen molar-refractivity contribution >= 4 is 40.1 Å². The molecule has 5 nitrogen and oxygen atoms in total. The third-order valence-electron chi connectivity index (χ3n) is 4.27. The van der Waals surface area contributed by atoms with Gasteiger partial charge < -0.3 is 4.74 Å². The van der Waals surface area contributed by atoms with Crippen LogP contribution in [0.25, 0.3) is 22.6 Å². The van der Waals surface area contributed by atoms with Gasteiger partial charge in [0.15, 0.2) is 0 Å². The number of carbonyl (C=O) groups excluding carboxylic acids is 1. The third kappa shape index (κ3) is 2.20. The van der Waals surface area contributed by atoms with Crippen LogP contribution >= 0.6 is 11.6 Å². The number of hydrogen-bond acceptors (Lipinski definition) is 4. The minimum atomic E-state index is -0.343. The second-order valence-corrected chi connectivity index (χ2v) is 6.13. The Morgan fingerprint density at radius 1 is 1.33 bits per heavy atom. The minimum Gasteiger partial charge on any atom is -0.465 e. The van der Waals surface area contributed by atoms with Gasteiger partial charge in [0.1, 0.15) is 0 Å². The van der Waals surface area contributed by atoms with E-state index in [9.17, 15) is 4.79 Å². The highest BCUT2D eigenvalue weighted by atomic mass is 35.5. The van der Waals surface area contributed by atoms with Crippen LogP contribution < -0.4 is 0 Å². The van der Waals surface area contributed by atoms with E-state index in [1.165, 1.54) is 7.11 Å². The van der Waals surface area contributed by atoms with Crippen LogP contribution in [0, 0.1) is 0 Å². The number of benzene rings is 1. The van der Waals surface area contributed by atoms with Crippen molar-refractivity contribution in [2.24, 2.45) is 7.05 Å². The van der Waals surface area contributed by atoms with Gasteiger partial charge in [0.25, 0.3) is 0 Å². The SMILES string of the molecule is COC(=O)c1ccnc2c1CC(c1c3ccc(Cl)cc3nn1C)=C2. The summed E-state index contributed by atoms with van der Waals surface area (Å²) < 4.78 is 6.72. The Kier molecular flexibility index (Phi) is 3.39. The van der Waals surface area contributed by atoms with Crippen molar-refractivity contribution in [3.05, 3.63) is 58.0 Å². The second kappa shape index (κ2) is 5.46. The molecule has 0 spiro atoms. The van der Waals surface area contributed by atoms with Crippen molar-refractivity contribution in [2.45, 2.75) is 6.42 Å². The molecule has 24 heavy (non-hydrogen) atoms. The highest BCUT2D eigenvalue weighted by molar-refractivity contribution is 6.31. The molecule has 120 valence electrons. The number of allylic oxidation sites excluding steroid dienone is 1. The van der Waals surface area contributed by atoms with Gasteiger partial charge >= 0.3 is 5.97 Å². The molecule has 1 aliphatic rings. The lowest BCUT2D eigenvalue weighted by Crippen LogP contribution is -2.07. The highest BCUT2D eigenvalue weighted by Crippen LogP contribution is 2.36. The van der Waals surface area contributed by atoms with Crippen molar-refractivity contribution in [1.29, 1.82) is 0 Å². The number of halogens is 1. The molecule has 0 fully saturated rings. The number of aromatic nitrogens is 3. The number of nitrogens with zero attached hydrogens (tertiary/aromatic N) is 3. The van der Waals surface area contributed by atoms with Gasteiger partial charge in [-0.2, -0.15) is 5.10 Å². The van der Waals surface area contributed by atoms with Crippen LogP contribution in [0.2, 0.25) is 5.02 Å². The summed E-state index contributed by atoms with van der Waals surface area (Å²) in [5, 5.41) is 6.22. The molecule has 0 saturated carbocycles. The number of aryl methyl sites for hydroxylation is 1. The molecule has 3 aromatic rings. The average Bonchev–Trinajstić information content (AvgIpc) is 3.12. The zero-order chi connectivity index (χ0) is 16.8. The molecule has 0 bridgehead atoms. The molecule has 0 radical (unpaired) electrons. The van der Waals surface area contributed by atoms with Crippen molar-refractivity contribution in [3.8, 4) is 0 Å². The maximum absolute atomic E-state index is 12.0. The van der Waals surface area contributed by atoms with Gasteiger partial charge in [-0.05, 0) is 41.5 Å². The number of methoxy groups -OCH3 is 1. The molecule has 2 aromatic heterocycles. The number of pyridine rings is 1. The lowest BCUT2D eigenvalue weighted by Gasteiger charge is -2.07. The molecule has 1 aliphatic carbocycles. The van der Waals surface area contributed by atoms with Gasteiger partial charge in [0.05, 0.1) is 29.6 Å². The maximum atomic E-state index is 12.0. The van der Waals surface area contributed by atoms with Gasteiger partial charge in [-0.25, -0.2) is 4.79 Å². The number of carbonyl (C=O) groups is 1. The van der Waals surface area contributed by atoms with Gasteiger partial charge in [-0.1, -0.05) is 11.6 Å². The molecule has 4 rings (SSSR count). The van der Waals surface area contributed by atoms with E-state index in [0.717, 1.165) is 33.4 Å². The number of fused-ring (bicyclic) bond motifs is 2. The van der Waals surface area contributed by atoms with E-state index in [1.54, 1.807) is 12.3 Å². The summed E-state index contributed by atoms with van der Waals surface area (Å²) in [6, 6.07) is 7.37. The first-order valence-corrected chi connectivity index (χ1v) is 7.85. The largest absolute Gasteiger partial charge is 0.465 e. The number of ether oxygens (including phenoxy) is 1. The summed E-state index contributed by atoms with van der Waals surface area (Å²) in [6.45, 7) is 0. The van der Waals surface area contributed by atoms with Crippen LogP contribution in [-0.2, 0) is 18.2 Å². The first kappa shape index (κ1) is 14.9. The lowest BCUT2D eigenvalue weighted by molar-refractivity contribution is 0.0599. The first-order valence-electron chi connectivity index (χ1n) is 7.48. The molecule has 6 heteroatoms. The summed E-state index contributed by atoms with van der Waals surface area (Å²) in [6.07, 6.45) is 4.25. The Labute approximate surface area is 143 Å². The van der Waals surface area contributed by atoms with E-state index in [1.807, 2.05) is 36.0 Å². The molecule has 0 aliphatic heterocycles. The molecule has 0 N–H and O–H groups in total. The summed E-state index contributed by atoms with van der Waals surface area (Å²) in [4.78, 5) is 16.4. The molecular formula is C18H14ClN3O2. The molecule has 0 atom stereocenters. The van der Waals surface area contributed by atoms with Crippen molar-refractivity contribution in [3.63, 3.8) is 0 Å². The van der Waals surface area contributed by atoms with E-state index < -0.39 is 0 Å². The van der Waals surface area contributed by atoms with Crippen LogP contribution in [0.4, 0.5) is 0 Å². The third-order valence-corrected chi connectivity index (χ3v) is 4.51.